The van der Waals surface area contributed by atoms with Crippen molar-refractivity contribution < 1.29 is 4.79 Å². The molecule has 0 spiro atoms. The molecule has 0 aliphatic carbocycles. The van der Waals surface area contributed by atoms with Gasteiger partial charge in [-0.2, -0.15) is 0 Å². The van der Waals surface area contributed by atoms with Crippen LogP contribution in [0.1, 0.15) is 22.5 Å². The van der Waals surface area contributed by atoms with E-state index in [2.05, 4.69) is 10.2 Å². The zero-order chi connectivity index (χ0) is 15.8. The number of rotatable bonds is 3. The van der Waals surface area contributed by atoms with Crippen LogP contribution in [0.5, 0.6) is 0 Å². The van der Waals surface area contributed by atoms with Gasteiger partial charge in [-0.15, -0.1) is 23.7 Å². The minimum Gasteiger partial charge on any atom is -0.347 e. The largest absolute Gasteiger partial charge is 0.347 e. The average molecular weight is 383 g/mol. The van der Waals surface area contributed by atoms with Gasteiger partial charge in [-0.05, 0) is 61.7 Å². The zero-order valence-electron chi connectivity index (χ0n) is 13.2. The van der Waals surface area contributed by atoms with E-state index in [1.165, 1.54) is 37.3 Å². The van der Waals surface area contributed by atoms with Crippen molar-refractivity contribution in [3.05, 3.63) is 46.3 Å². The fraction of sp³-hybridized carbons (Fsp3) is 0.389. The quantitative estimate of drug-likeness (QED) is 0.857. The molecule has 0 unspecified atom stereocenters. The number of benzene rings is 1. The normalized spacial score (nSPS) is 25.1. The number of carbonyl (C=O) groups is 1. The van der Waals surface area contributed by atoms with E-state index in [0.29, 0.717) is 17.0 Å². The van der Waals surface area contributed by atoms with Gasteiger partial charge in [0.1, 0.15) is 0 Å². The van der Waals surface area contributed by atoms with Crippen molar-refractivity contribution in [3.8, 4) is 10.4 Å². The van der Waals surface area contributed by atoms with Crippen LogP contribution in [-0.4, -0.2) is 36.5 Å². The van der Waals surface area contributed by atoms with Crippen molar-refractivity contribution in [1.82, 2.24) is 10.2 Å². The highest BCUT2D eigenvalue weighted by atomic mass is 35.5. The number of carbonyl (C=O) groups excluding carboxylic acids is 1. The third-order valence-corrected chi connectivity index (χ3v) is 6.28. The molecule has 0 saturated carbocycles. The molecule has 1 atom stereocenters. The van der Waals surface area contributed by atoms with Crippen molar-refractivity contribution in [3.63, 3.8) is 0 Å². The predicted octanol–water partition coefficient (Wildman–Crippen LogP) is 4.31. The zero-order valence-corrected chi connectivity index (χ0v) is 15.6. The second kappa shape index (κ2) is 7.44. The highest BCUT2D eigenvalue weighted by molar-refractivity contribution is 7.17. The molecule has 3 saturated heterocycles. The van der Waals surface area contributed by atoms with Crippen LogP contribution in [0, 0.1) is 5.92 Å². The van der Waals surface area contributed by atoms with E-state index in [4.69, 9.17) is 11.6 Å². The molecule has 1 aromatic heterocycles. The molecule has 3 nitrogen and oxygen atoms in total. The first-order chi connectivity index (χ1) is 11.2. The summed E-state index contributed by atoms with van der Waals surface area (Å²) in [6.07, 6.45) is 2.42. The van der Waals surface area contributed by atoms with E-state index in [0.717, 1.165) is 21.9 Å². The minimum absolute atomic E-state index is 0. The molecule has 2 aromatic rings. The molecule has 3 fully saturated rings. The Balaban J connectivity index is 0.00000169. The number of halogens is 2. The summed E-state index contributed by atoms with van der Waals surface area (Å²) in [5.74, 6) is 0.707. The second-order valence-corrected chi connectivity index (χ2v) is 7.91. The van der Waals surface area contributed by atoms with Gasteiger partial charge in [-0.25, -0.2) is 0 Å². The highest BCUT2D eigenvalue weighted by Gasteiger charge is 2.35. The number of fused-ring (bicyclic) bond motifs is 3. The van der Waals surface area contributed by atoms with Crippen molar-refractivity contribution >= 4 is 41.3 Å². The van der Waals surface area contributed by atoms with Gasteiger partial charge in [-0.1, -0.05) is 23.7 Å². The standard InChI is InChI=1S/C18H19ClN2OS.ClH/c19-14-3-1-2-13(10-14)16-4-5-17(23-16)18(22)20-15-11-21-8-6-12(15)7-9-21;/h1-5,10,12,15H,6-9,11H2,(H,20,22);1H/t15-;/m0./s1. The summed E-state index contributed by atoms with van der Waals surface area (Å²) in [7, 11) is 0. The lowest BCUT2D eigenvalue weighted by molar-refractivity contribution is 0.0622. The number of nitrogens with one attached hydrogen (secondary N) is 1. The van der Waals surface area contributed by atoms with E-state index < -0.39 is 0 Å². The fourth-order valence-electron chi connectivity index (χ4n) is 3.62. The molecule has 24 heavy (non-hydrogen) atoms. The number of thiophene rings is 1. The predicted molar refractivity (Wildman–Crippen MR) is 102 cm³/mol. The fourth-order valence-corrected chi connectivity index (χ4v) is 4.72. The Morgan fingerprint density at radius 1 is 1.21 bits per heavy atom. The summed E-state index contributed by atoms with van der Waals surface area (Å²) >= 11 is 7.58. The monoisotopic (exact) mass is 382 g/mol. The summed E-state index contributed by atoms with van der Waals surface area (Å²) < 4.78 is 0. The Labute approximate surface area is 157 Å². The molecule has 1 N–H and O–H groups in total. The molecule has 4 heterocycles. The van der Waals surface area contributed by atoms with E-state index in [9.17, 15) is 4.79 Å². The van der Waals surface area contributed by atoms with Crippen LogP contribution in [0.4, 0.5) is 0 Å². The van der Waals surface area contributed by atoms with E-state index >= 15 is 0 Å². The van der Waals surface area contributed by atoms with Gasteiger partial charge < -0.3 is 10.2 Å². The van der Waals surface area contributed by atoms with Gasteiger partial charge in [0, 0.05) is 22.5 Å². The number of hydrogen-bond acceptors (Lipinski definition) is 3. The van der Waals surface area contributed by atoms with E-state index in [1.54, 1.807) is 0 Å². The first-order valence-corrected chi connectivity index (χ1v) is 9.27. The van der Waals surface area contributed by atoms with Gasteiger partial charge in [0.2, 0.25) is 0 Å². The maximum atomic E-state index is 12.6. The van der Waals surface area contributed by atoms with Gasteiger partial charge in [-0.3, -0.25) is 4.79 Å². The van der Waals surface area contributed by atoms with Crippen LogP contribution >= 0.6 is 35.3 Å². The molecular weight excluding hydrogens is 363 g/mol. The van der Waals surface area contributed by atoms with Gasteiger partial charge in [0.15, 0.2) is 0 Å². The van der Waals surface area contributed by atoms with Crippen LogP contribution in [0.15, 0.2) is 36.4 Å². The van der Waals surface area contributed by atoms with E-state index in [1.807, 2.05) is 36.4 Å². The van der Waals surface area contributed by atoms with Crippen LogP contribution in [0.25, 0.3) is 10.4 Å². The number of hydrogen-bond donors (Lipinski definition) is 1. The Morgan fingerprint density at radius 3 is 2.67 bits per heavy atom. The summed E-state index contributed by atoms with van der Waals surface area (Å²) in [5.41, 5.74) is 1.06. The topological polar surface area (TPSA) is 32.3 Å². The van der Waals surface area contributed by atoms with Crippen LogP contribution in [-0.2, 0) is 0 Å². The van der Waals surface area contributed by atoms with Gasteiger partial charge >= 0.3 is 0 Å². The van der Waals surface area contributed by atoms with Crippen molar-refractivity contribution in [2.45, 2.75) is 18.9 Å². The first-order valence-electron chi connectivity index (χ1n) is 8.08. The van der Waals surface area contributed by atoms with Gasteiger partial charge in [0.25, 0.3) is 5.91 Å². The number of amides is 1. The molecule has 1 aromatic carbocycles. The average Bonchev–Trinajstić information content (AvgIpc) is 3.06. The lowest BCUT2D eigenvalue weighted by Gasteiger charge is -2.44. The summed E-state index contributed by atoms with van der Waals surface area (Å²) in [4.78, 5) is 16.9. The Morgan fingerprint density at radius 2 is 2.00 bits per heavy atom. The smallest absolute Gasteiger partial charge is 0.261 e. The molecule has 2 bridgehead atoms. The lowest BCUT2D eigenvalue weighted by Crippen LogP contribution is -2.57. The maximum Gasteiger partial charge on any atom is 0.261 e. The van der Waals surface area contributed by atoms with Crippen molar-refractivity contribution in [1.29, 1.82) is 0 Å². The molecule has 6 heteroatoms. The number of piperidine rings is 3. The minimum atomic E-state index is 0. The SMILES string of the molecule is Cl.O=C(N[C@H]1CN2CCC1CC2)c1ccc(-c2cccc(Cl)c2)s1. The molecule has 3 aliphatic heterocycles. The lowest BCUT2D eigenvalue weighted by atomic mass is 9.84. The van der Waals surface area contributed by atoms with Crippen molar-refractivity contribution in [2.75, 3.05) is 19.6 Å². The van der Waals surface area contributed by atoms with E-state index in [-0.39, 0.29) is 18.3 Å². The molecule has 1 amide bonds. The van der Waals surface area contributed by atoms with Crippen LogP contribution in [0.2, 0.25) is 5.02 Å². The Bertz CT molecular complexity index is 725. The molecule has 0 radical (unpaired) electrons. The van der Waals surface area contributed by atoms with Crippen LogP contribution in [0.3, 0.4) is 0 Å². The Hall–Kier alpha value is -1.07. The summed E-state index contributed by atoms with van der Waals surface area (Å²) in [6, 6.07) is 12.0. The third kappa shape index (κ3) is 3.62. The molecular formula is C18H20Cl2N2OS. The summed E-state index contributed by atoms with van der Waals surface area (Å²) in [5, 5.41) is 3.96. The molecule has 3 aliphatic rings. The summed E-state index contributed by atoms with van der Waals surface area (Å²) in [6.45, 7) is 3.38. The van der Waals surface area contributed by atoms with Crippen molar-refractivity contribution in [2.24, 2.45) is 5.92 Å². The Kier molecular flexibility index (Phi) is 5.50. The third-order valence-electron chi connectivity index (χ3n) is 4.91. The molecule has 128 valence electrons. The van der Waals surface area contributed by atoms with Gasteiger partial charge in [0.05, 0.1) is 4.88 Å². The molecule has 5 rings (SSSR count). The maximum absolute atomic E-state index is 12.6. The second-order valence-electron chi connectivity index (χ2n) is 6.39. The first kappa shape index (κ1) is 17.7. The highest BCUT2D eigenvalue weighted by Crippen LogP contribution is 2.31. The number of nitrogens with zero attached hydrogens (tertiary/aromatic N) is 1. The van der Waals surface area contributed by atoms with Crippen LogP contribution < -0.4 is 5.32 Å².